The smallest absolute Gasteiger partial charge is 0.175 e. The summed E-state index contributed by atoms with van der Waals surface area (Å²) < 4.78 is 2.40. The molecule has 4 radical (unpaired) electrons. The molecule has 2 aromatic heterocycles. The summed E-state index contributed by atoms with van der Waals surface area (Å²) in [6.45, 7) is 4.23. The molecule has 96 valence electrons. The first-order valence-electron chi connectivity index (χ1n) is 6.69. The van der Waals surface area contributed by atoms with Gasteiger partial charge in [-0.3, -0.25) is 4.79 Å². The van der Waals surface area contributed by atoms with E-state index in [0.717, 1.165) is 45.4 Å². The van der Waals surface area contributed by atoms with Crippen molar-refractivity contribution in [3.05, 3.63) is 10.9 Å². The van der Waals surface area contributed by atoms with Crippen LogP contribution in [0.15, 0.2) is 6.07 Å². The van der Waals surface area contributed by atoms with Crippen molar-refractivity contribution in [3.63, 3.8) is 0 Å². The van der Waals surface area contributed by atoms with Gasteiger partial charge in [0.1, 0.15) is 15.7 Å². The summed E-state index contributed by atoms with van der Waals surface area (Å²) >= 11 is 2.88. The normalized spacial score (nSPS) is 12.9. The zero-order valence-corrected chi connectivity index (χ0v) is 13.0. The Morgan fingerprint density at radius 1 is 1.26 bits per heavy atom. The van der Waals surface area contributed by atoms with E-state index in [-0.39, 0.29) is 11.7 Å². The molecule has 0 fully saturated rings. The number of Topliss-reactive ketones (excluding diaryl/α,β-unsaturated/α-hetero) is 1. The van der Waals surface area contributed by atoms with Crippen molar-refractivity contribution in [1.82, 2.24) is 0 Å². The molecule has 1 nitrogen and oxygen atoms in total. The van der Waals surface area contributed by atoms with E-state index < -0.39 is 0 Å². The van der Waals surface area contributed by atoms with Gasteiger partial charge in [-0.1, -0.05) is 26.7 Å². The number of unbranched alkanes of at least 4 members (excludes halogenated alkanes) is 1. The van der Waals surface area contributed by atoms with E-state index >= 15 is 0 Å². The van der Waals surface area contributed by atoms with Gasteiger partial charge in [0, 0.05) is 10.6 Å². The number of carbonyl (C=O) groups is 1. The molecule has 0 aliphatic carbocycles. The van der Waals surface area contributed by atoms with Gasteiger partial charge in [0.25, 0.3) is 0 Å². The van der Waals surface area contributed by atoms with Gasteiger partial charge in [-0.2, -0.15) is 11.3 Å². The molecule has 0 aromatic carbocycles. The lowest BCUT2D eigenvalue weighted by Crippen LogP contribution is -2.12. The average Bonchev–Trinajstić information content (AvgIpc) is 2.93. The van der Waals surface area contributed by atoms with E-state index in [1.54, 1.807) is 0 Å². The fraction of sp³-hybridized carbons (Fsp3) is 0.500. The van der Waals surface area contributed by atoms with Crippen molar-refractivity contribution in [2.24, 2.45) is 5.92 Å². The maximum absolute atomic E-state index is 12.5. The fourth-order valence-electron chi connectivity index (χ4n) is 2.27. The highest BCUT2D eigenvalue weighted by Crippen LogP contribution is 2.29. The fourth-order valence-corrected chi connectivity index (χ4v) is 4.34. The van der Waals surface area contributed by atoms with Crippen LogP contribution in [0.3, 0.4) is 0 Å². The summed E-state index contributed by atoms with van der Waals surface area (Å²) in [6.07, 6.45) is 4.10. The molecule has 0 aliphatic rings. The lowest BCUT2D eigenvalue weighted by Gasteiger charge is -2.11. The van der Waals surface area contributed by atoms with E-state index in [1.165, 1.54) is 22.7 Å². The third kappa shape index (κ3) is 2.97. The van der Waals surface area contributed by atoms with Crippen LogP contribution < -0.4 is 9.55 Å². The van der Waals surface area contributed by atoms with Gasteiger partial charge in [0.2, 0.25) is 0 Å². The summed E-state index contributed by atoms with van der Waals surface area (Å²) in [6, 6.07) is 1.92. The molecule has 2 rings (SSSR count). The standard InChI is InChI=1S/C14H16B2OS2/c1-3-5-6-8(4-2)11(17)10-7-9-12(18-10)14(16)19-13(9)15/h7-8H,3-6H2,1-2H3. The molecule has 1 atom stereocenters. The maximum atomic E-state index is 12.5. The predicted molar refractivity (Wildman–Crippen MR) is 88.1 cm³/mol. The molecule has 1 unspecified atom stereocenters. The Bertz CT molecular complexity index is 551. The van der Waals surface area contributed by atoms with Gasteiger partial charge in [-0.15, -0.1) is 11.3 Å². The lowest BCUT2D eigenvalue weighted by atomic mass is 9.93. The summed E-state index contributed by atoms with van der Waals surface area (Å²) in [5.41, 5.74) is 0. The van der Waals surface area contributed by atoms with Crippen LogP contribution in [0.5, 0.6) is 0 Å². The van der Waals surface area contributed by atoms with Crippen molar-refractivity contribution >= 4 is 63.8 Å². The van der Waals surface area contributed by atoms with Gasteiger partial charge in [0.15, 0.2) is 5.78 Å². The topological polar surface area (TPSA) is 17.1 Å². The molecule has 0 saturated carbocycles. The minimum absolute atomic E-state index is 0.133. The van der Waals surface area contributed by atoms with E-state index in [2.05, 4.69) is 13.8 Å². The Morgan fingerprint density at radius 2 is 2.00 bits per heavy atom. The van der Waals surface area contributed by atoms with Crippen LogP contribution in [0.4, 0.5) is 0 Å². The van der Waals surface area contributed by atoms with Crippen LogP contribution in [0, 0.1) is 5.92 Å². The van der Waals surface area contributed by atoms with Crippen LogP contribution >= 0.6 is 22.7 Å². The van der Waals surface area contributed by atoms with E-state index in [9.17, 15) is 4.79 Å². The van der Waals surface area contributed by atoms with Gasteiger partial charge in [-0.25, -0.2) is 0 Å². The van der Waals surface area contributed by atoms with E-state index in [4.69, 9.17) is 15.7 Å². The first-order valence-corrected chi connectivity index (χ1v) is 8.33. The first-order chi connectivity index (χ1) is 9.08. The lowest BCUT2D eigenvalue weighted by molar-refractivity contribution is 0.0912. The highest BCUT2D eigenvalue weighted by Gasteiger charge is 2.21. The molecule has 0 spiro atoms. The molecule has 0 aliphatic heterocycles. The number of ketones is 1. The molecular formula is C14H16B2OS2. The van der Waals surface area contributed by atoms with E-state index in [0.29, 0.717) is 4.78 Å². The monoisotopic (exact) mass is 286 g/mol. The van der Waals surface area contributed by atoms with Crippen molar-refractivity contribution in [2.75, 3.05) is 0 Å². The SMILES string of the molecule is [B]c1sc([B])c2sc(C(=O)C(CC)CCCC)cc12. The Balaban J connectivity index is 2.27. The summed E-state index contributed by atoms with van der Waals surface area (Å²) in [4.78, 5) is 13.3. The molecule has 0 N–H and O–H groups in total. The number of rotatable bonds is 6. The van der Waals surface area contributed by atoms with Crippen molar-refractivity contribution in [1.29, 1.82) is 0 Å². The Morgan fingerprint density at radius 3 is 2.58 bits per heavy atom. The van der Waals surface area contributed by atoms with Gasteiger partial charge in [0.05, 0.1) is 4.88 Å². The first kappa shape index (κ1) is 14.9. The summed E-state index contributed by atoms with van der Waals surface area (Å²) in [7, 11) is 11.8. The second-order valence-electron chi connectivity index (χ2n) is 4.80. The minimum Gasteiger partial charge on any atom is -0.293 e. The third-order valence-electron chi connectivity index (χ3n) is 3.45. The number of hydrogen-bond acceptors (Lipinski definition) is 3. The molecule has 19 heavy (non-hydrogen) atoms. The van der Waals surface area contributed by atoms with Crippen molar-refractivity contribution in [3.8, 4) is 0 Å². The van der Waals surface area contributed by atoms with Crippen LogP contribution in [-0.2, 0) is 0 Å². The second-order valence-corrected chi connectivity index (χ2v) is 6.93. The Hall–Kier alpha value is -0.540. The second kappa shape index (κ2) is 6.27. The molecular weight excluding hydrogens is 270 g/mol. The number of thiophene rings is 2. The molecule has 0 amide bonds. The molecule has 5 heteroatoms. The Labute approximate surface area is 125 Å². The largest absolute Gasteiger partial charge is 0.293 e. The predicted octanol–water partition coefficient (Wildman–Crippen LogP) is 2.95. The van der Waals surface area contributed by atoms with Crippen molar-refractivity contribution in [2.45, 2.75) is 39.5 Å². The average molecular weight is 286 g/mol. The van der Waals surface area contributed by atoms with Gasteiger partial charge < -0.3 is 0 Å². The molecule has 0 saturated heterocycles. The maximum Gasteiger partial charge on any atom is 0.175 e. The minimum atomic E-state index is 0.133. The molecule has 2 heterocycles. The summed E-state index contributed by atoms with van der Waals surface area (Å²) in [5, 5.41) is 0.946. The van der Waals surface area contributed by atoms with Gasteiger partial charge >= 0.3 is 0 Å². The quantitative estimate of drug-likeness (QED) is 0.589. The number of fused-ring (bicyclic) bond motifs is 1. The van der Waals surface area contributed by atoms with Crippen LogP contribution in [0.2, 0.25) is 0 Å². The molecule has 2 aromatic rings. The zero-order chi connectivity index (χ0) is 14.0. The van der Waals surface area contributed by atoms with Gasteiger partial charge in [-0.05, 0) is 33.8 Å². The molecule has 0 bridgehead atoms. The third-order valence-corrected chi connectivity index (χ3v) is 5.63. The van der Waals surface area contributed by atoms with Crippen molar-refractivity contribution < 1.29 is 4.79 Å². The Kier molecular flexibility index (Phi) is 4.91. The van der Waals surface area contributed by atoms with Crippen LogP contribution in [0.1, 0.15) is 49.2 Å². The van der Waals surface area contributed by atoms with Crippen LogP contribution in [-0.4, -0.2) is 21.5 Å². The number of carbonyl (C=O) groups excluding carboxylic acids is 1. The highest BCUT2D eigenvalue weighted by molar-refractivity contribution is 7.34. The zero-order valence-electron chi connectivity index (χ0n) is 11.4. The highest BCUT2D eigenvalue weighted by atomic mass is 32.1. The number of hydrogen-bond donors (Lipinski definition) is 0. The summed E-state index contributed by atoms with van der Waals surface area (Å²) in [5.74, 6) is 0.384. The van der Waals surface area contributed by atoms with Crippen LogP contribution in [0.25, 0.3) is 10.1 Å². The van der Waals surface area contributed by atoms with E-state index in [1.807, 2.05) is 6.07 Å².